The van der Waals surface area contributed by atoms with E-state index in [0.717, 1.165) is 0 Å². The van der Waals surface area contributed by atoms with E-state index in [2.05, 4.69) is 10.6 Å². The summed E-state index contributed by atoms with van der Waals surface area (Å²) in [6.45, 7) is 7.48. The molecule has 6 heteroatoms. The summed E-state index contributed by atoms with van der Waals surface area (Å²) in [6, 6.07) is -0.824. The molecule has 0 amide bonds. The van der Waals surface area contributed by atoms with Crippen molar-refractivity contribution < 1.29 is 19.8 Å². The van der Waals surface area contributed by atoms with Gasteiger partial charge in [-0.2, -0.15) is 0 Å². The van der Waals surface area contributed by atoms with E-state index in [9.17, 15) is 9.59 Å². The van der Waals surface area contributed by atoms with Gasteiger partial charge >= 0.3 is 11.9 Å². The van der Waals surface area contributed by atoms with Crippen molar-refractivity contribution in [2.24, 2.45) is 11.8 Å². The Hall–Kier alpha value is -1.14. The SMILES string of the molecule is CN[C@H](C(=O)O)C(C)C.CN[C@H](C(=O)O)C(C)C. The van der Waals surface area contributed by atoms with E-state index in [1.165, 1.54) is 0 Å². The molecular weight excluding hydrogens is 236 g/mol. The first-order chi connectivity index (χ1) is 8.18. The molecule has 0 saturated carbocycles. The first-order valence-corrected chi connectivity index (χ1v) is 5.99. The predicted molar refractivity (Wildman–Crippen MR) is 70.6 cm³/mol. The van der Waals surface area contributed by atoms with Crippen LogP contribution >= 0.6 is 0 Å². The summed E-state index contributed by atoms with van der Waals surface area (Å²) in [6.07, 6.45) is 0. The lowest BCUT2D eigenvalue weighted by molar-refractivity contribution is -0.141. The normalized spacial score (nSPS) is 13.8. The van der Waals surface area contributed by atoms with Crippen LogP contribution in [0.15, 0.2) is 0 Å². The highest BCUT2D eigenvalue weighted by Gasteiger charge is 2.18. The van der Waals surface area contributed by atoms with E-state index in [1.807, 2.05) is 27.7 Å². The molecule has 0 aliphatic rings. The lowest BCUT2D eigenvalue weighted by atomic mass is 10.1. The second-order valence-electron chi connectivity index (χ2n) is 4.70. The number of carbonyl (C=O) groups is 2. The van der Waals surface area contributed by atoms with Crippen molar-refractivity contribution in [3.05, 3.63) is 0 Å². The number of hydrogen-bond acceptors (Lipinski definition) is 4. The zero-order valence-corrected chi connectivity index (χ0v) is 12.0. The van der Waals surface area contributed by atoms with Crippen LogP contribution in [-0.4, -0.2) is 48.3 Å². The molecule has 0 saturated heterocycles. The topological polar surface area (TPSA) is 98.7 Å². The van der Waals surface area contributed by atoms with Crippen LogP contribution in [-0.2, 0) is 9.59 Å². The van der Waals surface area contributed by atoms with E-state index >= 15 is 0 Å². The standard InChI is InChI=1S/2C6H13NO2/c2*1-4(2)5(7-3)6(8)9/h2*4-5,7H,1-3H3,(H,8,9)/t2*5-/m00/s1. The number of nitrogens with one attached hydrogen (secondary N) is 2. The molecule has 4 N–H and O–H groups in total. The fourth-order valence-electron chi connectivity index (χ4n) is 1.48. The summed E-state index contributed by atoms with van der Waals surface area (Å²) in [5.74, 6) is -1.28. The average Bonchev–Trinajstić information content (AvgIpc) is 2.17. The van der Waals surface area contributed by atoms with Gasteiger partial charge in [-0.25, -0.2) is 0 Å². The summed E-state index contributed by atoms with van der Waals surface area (Å²) >= 11 is 0. The summed E-state index contributed by atoms with van der Waals surface area (Å²) < 4.78 is 0. The molecule has 0 radical (unpaired) electrons. The van der Waals surface area contributed by atoms with Crippen molar-refractivity contribution in [1.82, 2.24) is 10.6 Å². The van der Waals surface area contributed by atoms with Crippen LogP contribution in [0.5, 0.6) is 0 Å². The Morgan fingerprint density at radius 1 is 0.778 bits per heavy atom. The highest BCUT2D eigenvalue weighted by Crippen LogP contribution is 2.00. The number of carboxylic acid groups (broad SMARTS) is 2. The van der Waals surface area contributed by atoms with Crippen LogP contribution < -0.4 is 10.6 Å². The largest absolute Gasteiger partial charge is 0.480 e. The van der Waals surface area contributed by atoms with Gasteiger partial charge in [-0.15, -0.1) is 0 Å². The molecular formula is C12H26N2O4. The van der Waals surface area contributed by atoms with E-state index in [1.54, 1.807) is 14.1 Å². The van der Waals surface area contributed by atoms with Crippen LogP contribution in [0.2, 0.25) is 0 Å². The Morgan fingerprint density at radius 2 is 1.00 bits per heavy atom. The molecule has 6 nitrogen and oxygen atoms in total. The average molecular weight is 262 g/mol. The lowest BCUT2D eigenvalue weighted by Gasteiger charge is -2.13. The third kappa shape index (κ3) is 8.03. The molecule has 0 aromatic carbocycles. The summed E-state index contributed by atoms with van der Waals surface area (Å²) in [4.78, 5) is 20.6. The predicted octanol–water partition coefficient (Wildman–Crippen LogP) is 0.630. The van der Waals surface area contributed by atoms with Crippen molar-refractivity contribution in [2.45, 2.75) is 39.8 Å². The van der Waals surface area contributed by atoms with Gasteiger partial charge in [0.15, 0.2) is 0 Å². The third-order valence-electron chi connectivity index (χ3n) is 2.49. The molecule has 0 rings (SSSR count). The first-order valence-electron chi connectivity index (χ1n) is 5.99. The summed E-state index contributed by atoms with van der Waals surface area (Å²) in [7, 11) is 3.30. The van der Waals surface area contributed by atoms with Gasteiger partial charge in [-0.1, -0.05) is 27.7 Å². The fourth-order valence-corrected chi connectivity index (χ4v) is 1.48. The number of carboxylic acids is 2. The second kappa shape index (κ2) is 9.85. The van der Waals surface area contributed by atoms with Crippen LogP contribution in [0.4, 0.5) is 0 Å². The molecule has 0 bridgehead atoms. The van der Waals surface area contributed by atoms with Crippen molar-refractivity contribution in [1.29, 1.82) is 0 Å². The minimum atomic E-state index is -0.785. The Morgan fingerprint density at radius 3 is 1.00 bits per heavy atom. The minimum Gasteiger partial charge on any atom is -0.480 e. The van der Waals surface area contributed by atoms with Crippen molar-refractivity contribution in [3.63, 3.8) is 0 Å². The molecule has 18 heavy (non-hydrogen) atoms. The van der Waals surface area contributed by atoms with E-state index in [0.29, 0.717) is 0 Å². The van der Waals surface area contributed by atoms with Crippen molar-refractivity contribution in [3.8, 4) is 0 Å². The molecule has 0 aromatic rings. The molecule has 0 unspecified atom stereocenters. The minimum absolute atomic E-state index is 0.146. The highest BCUT2D eigenvalue weighted by molar-refractivity contribution is 5.74. The smallest absolute Gasteiger partial charge is 0.320 e. The zero-order valence-electron chi connectivity index (χ0n) is 12.0. The van der Waals surface area contributed by atoms with Gasteiger partial charge in [0.25, 0.3) is 0 Å². The maximum Gasteiger partial charge on any atom is 0.320 e. The number of rotatable bonds is 6. The molecule has 0 aromatic heterocycles. The molecule has 0 aliphatic heterocycles. The van der Waals surface area contributed by atoms with Crippen molar-refractivity contribution >= 4 is 11.9 Å². The number of likely N-dealkylation sites (N-methyl/N-ethyl adjacent to an activating group) is 2. The summed E-state index contributed by atoms with van der Waals surface area (Å²) in [5, 5.41) is 22.4. The van der Waals surface area contributed by atoms with Gasteiger partial charge in [-0.05, 0) is 25.9 Å². The van der Waals surface area contributed by atoms with Gasteiger partial charge in [0.05, 0.1) is 0 Å². The van der Waals surface area contributed by atoms with Gasteiger partial charge in [0.1, 0.15) is 12.1 Å². The van der Waals surface area contributed by atoms with E-state index in [-0.39, 0.29) is 11.8 Å². The molecule has 108 valence electrons. The Kier molecular flexibility index (Phi) is 10.5. The van der Waals surface area contributed by atoms with Crippen LogP contribution in [0.25, 0.3) is 0 Å². The van der Waals surface area contributed by atoms with Crippen LogP contribution in [0.3, 0.4) is 0 Å². The number of hydrogen-bond donors (Lipinski definition) is 4. The third-order valence-corrected chi connectivity index (χ3v) is 2.49. The molecule has 0 spiro atoms. The molecule has 0 heterocycles. The monoisotopic (exact) mass is 262 g/mol. The number of aliphatic carboxylic acids is 2. The van der Waals surface area contributed by atoms with Gasteiger partial charge < -0.3 is 20.8 Å². The van der Waals surface area contributed by atoms with Crippen LogP contribution in [0, 0.1) is 11.8 Å². The van der Waals surface area contributed by atoms with E-state index in [4.69, 9.17) is 10.2 Å². The van der Waals surface area contributed by atoms with Crippen LogP contribution in [0.1, 0.15) is 27.7 Å². The first kappa shape index (κ1) is 19.2. The molecule has 0 fully saturated rings. The zero-order chi connectivity index (χ0) is 14.9. The maximum absolute atomic E-state index is 10.3. The molecule has 0 aliphatic carbocycles. The molecule has 2 atom stereocenters. The van der Waals surface area contributed by atoms with Crippen molar-refractivity contribution in [2.75, 3.05) is 14.1 Å². The fraction of sp³-hybridized carbons (Fsp3) is 0.833. The van der Waals surface area contributed by atoms with Gasteiger partial charge in [0.2, 0.25) is 0 Å². The lowest BCUT2D eigenvalue weighted by Crippen LogP contribution is -2.38. The second-order valence-corrected chi connectivity index (χ2v) is 4.70. The van der Waals surface area contributed by atoms with Gasteiger partial charge in [0, 0.05) is 0 Å². The maximum atomic E-state index is 10.3. The van der Waals surface area contributed by atoms with Gasteiger partial charge in [-0.3, -0.25) is 9.59 Å². The van der Waals surface area contributed by atoms with E-state index < -0.39 is 24.0 Å². The summed E-state index contributed by atoms with van der Waals surface area (Å²) in [5.41, 5.74) is 0. The highest BCUT2D eigenvalue weighted by atomic mass is 16.4. The quantitative estimate of drug-likeness (QED) is 0.560. The Labute approximate surface area is 109 Å². The Bertz CT molecular complexity index is 228. The Balaban J connectivity index is 0.